The van der Waals surface area contributed by atoms with Crippen LogP contribution in [0.15, 0.2) is 18.2 Å². The van der Waals surface area contributed by atoms with Gasteiger partial charge in [0.1, 0.15) is 0 Å². The minimum atomic E-state index is -0.0683. The van der Waals surface area contributed by atoms with Gasteiger partial charge in [0.05, 0.1) is 0 Å². The molecule has 0 unspecified atom stereocenters. The highest BCUT2D eigenvalue weighted by Crippen LogP contribution is 2.22. The summed E-state index contributed by atoms with van der Waals surface area (Å²) in [5.41, 5.74) is 5.80. The van der Waals surface area contributed by atoms with E-state index in [1.54, 1.807) is 11.9 Å². The van der Waals surface area contributed by atoms with Crippen LogP contribution in [0.1, 0.15) is 32.9 Å². The van der Waals surface area contributed by atoms with Crippen LogP contribution in [-0.4, -0.2) is 29.7 Å². The van der Waals surface area contributed by atoms with Crippen molar-refractivity contribution in [2.75, 3.05) is 18.5 Å². The number of aryl methyl sites for hydroxylation is 2. The maximum absolute atomic E-state index is 12.7. The number of carbonyl (C=O) groups excluding carboxylic acids is 1. The number of carbonyl (C=O) groups is 1. The van der Waals surface area contributed by atoms with Gasteiger partial charge in [-0.25, -0.2) is 0 Å². The van der Waals surface area contributed by atoms with Gasteiger partial charge in [0.15, 0.2) is 5.69 Å². The quantitative estimate of drug-likeness (QED) is 0.893. The lowest BCUT2D eigenvalue weighted by molar-refractivity contribution is 0.0987. The Morgan fingerprint density at radius 3 is 2.59 bits per heavy atom. The van der Waals surface area contributed by atoms with Crippen molar-refractivity contribution in [3.05, 3.63) is 46.3 Å². The summed E-state index contributed by atoms with van der Waals surface area (Å²) in [6.07, 6.45) is 0.892. The Morgan fingerprint density at radius 1 is 1.23 bits per heavy atom. The molecule has 1 aliphatic rings. The molecule has 0 aliphatic carbocycles. The number of H-pyrrole nitrogens is 1. The predicted octanol–water partition coefficient (Wildman–Crippen LogP) is 2.37. The minimum absolute atomic E-state index is 0. The normalized spacial score (nSPS) is 13.2. The molecule has 1 aromatic heterocycles. The molecule has 5 nitrogen and oxygen atoms in total. The van der Waals surface area contributed by atoms with Gasteiger partial charge in [0.25, 0.3) is 5.91 Å². The Balaban J connectivity index is 0.00000176. The molecule has 2 heterocycles. The number of fused-ring (bicyclic) bond motifs is 1. The van der Waals surface area contributed by atoms with Crippen molar-refractivity contribution in [1.29, 1.82) is 0 Å². The number of aromatic amines is 1. The Morgan fingerprint density at radius 2 is 1.91 bits per heavy atom. The van der Waals surface area contributed by atoms with Crippen LogP contribution in [0.25, 0.3) is 0 Å². The third kappa shape index (κ3) is 3.00. The summed E-state index contributed by atoms with van der Waals surface area (Å²) in [4.78, 5) is 14.4. The maximum Gasteiger partial charge on any atom is 0.278 e. The summed E-state index contributed by atoms with van der Waals surface area (Å²) in [5.74, 6) is -0.0683. The van der Waals surface area contributed by atoms with E-state index in [0.29, 0.717) is 12.2 Å². The number of nitrogens with one attached hydrogen (secondary N) is 2. The van der Waals surface area contributed by atoms with E-state index in [4.69, 9.17) is 0 Å². The number of hydrogen-bond donors (Lipinski definition) is 2. The second kappa shape index (κ2) is 6.50. The fraction of sp³-hybridized carbons (Fsp3) is 0.375. The van der Waals surface area contributed by atoms with Crippen LogP contribution in [-0.2, 0) is 13.0 Å². The van der Waals surface area contributed by atoms with Crippen LogP contribution in [0.3, 0.4) is 0 Å². The van der Waals surface area contributed by atoms with Gasteiger partial charge in [-0.2, -0.15) is 5.10 Å². The topological polar surface area (TPSA) is 61.0 Å². The fourth-order valence-corrected chi connectivity index (χ4v) is 2.82. The number of amides is 1. The van der Waals surface area contributed by atoms with Crippen molar-refractivity contribution in [2.24, 2.45) is 0 Å². The van der Waals surface area contributed by atoms with E-state index in [9.17, 15) is 4.79 Å². The molecule has 118 valence electrons. The molecule has 22 heavy (non-hydrogen) atoms. The molecule has 0 atom stereocenters. The fourth-order valence-electron chi connectivity index (χ4n) is 2.82. The van der Waals surface area contributed by atoms with Gasteiger partial charge in [0, 0.05) is 43.5 Å². The highest BCUT2D eigenvalue weighted by Gasteiger charge is 2.24. The monoisotopic (exact) mass is 320 g/mol. The van der Waals surface area contributed by atoms with Crippen molar-refractivity contribution in [2.45, 2.75) is 26.8 Å². The molecule has 6 heteroatoms. The second-order valence-electron chi connectivity index (χ2n) is 5.67. The van der Waals surface area contributed by atoms with Crippen LogP contribution in [0.4, 0.5) is 5.69 Å². The molecule has 1 aromatic carbocycles. The summed E-state index contributed by atoms with van der Waals surface area (Å²) >= 11 is 0. The van der Waals surface area contributed by atoms with Gasteiger partial charge in [0.2, 0.25) is 0 Å². The van der Waals surface area contributed by atoms with E-state index in [-0.39, 0.29) is 18.3 Å². The van der Waals surface area contributed by atoms with Crippen LogP contribution < -0.4 is 10.2 Å². The Bertz CT molecular complexity index is 675. The zero-order chi connectivity index (χ0) is 15.0. The smallest absolute Gasteiger partial charge is 0.278 e. The maximum atomic E-state index is 12.7. The molecule has 1 aliphatic heterocycles. The van der Waals surface area contributed by atoms with Gasteiger partial charge < -0.3 is 10.2 Å². The van der Waals surface area contributed by atoms with E-state index in [0.717, 1.165) is 41.0 Å². The third-order valence-corrected chi connectivity index (χ3v) is 3.91. The predicted molar refractivity (Wildman–Crippen MR) is 89.9 cm³/mol. The number of aromatic nitrogens is 2. The SMILES string of the molecule is Cc1cc(C)cc(N(C)C(=O)c2n[nH]c3c2CNCC3)c1.Cl. The molecule has 2 aromatic rings. The number of rotatable bonds is 2. The lowest BCUT2D eigenvalue weighted by Gasteiger charge is -2.19. The first-order chi connectivity index (χ1) is 10.1. The number of anilines is 1. The largest absolute Gasteiger partial charge is 0.312 e. The molecule has 0 saturated heterocycles. The molecule has 3 rings (SSSR count). The number of halogens is 1. The van der Waals surface area contributed by atoms with Crippen LogP contribution >= 0.6 is 12.4 Å². The Kier molecular flexibility index (Phi) is 4.88. The first-order valence-corrected chi connectivity index (χ1v) is 7.19. The van der Waals surface area contributed by atoms with Gasteiger partial charge in [-0.3, -0.25) is 9.89 Å². The molecule has 0 saturated carbocycles. The van der Waals surface area contributed by atoms with Crippen LogP contribution in [0.2, 0.25) is 0 Å². The van der Waals surface area contributed by atoms with Crippen molar-refractivity contribution in [3.8, 4) is 0 Å². The van der Waals surface area contributed by atoms with Gasteiger partial charge in [-0.15, -0.1) is 12.4 Å². The number of nitrogens with zero attached hydrogens (tertiary/aromatic N) is 2. The Labute approximate surface area is 136 Å². The minimum Gasteiger partial charge on any atom is -0.312 e. The molecule has 0 spiro atoms. The number of hydrogen-bond acceptors (Lipinski definition) is 3. The molecule has 0 radical (unpaired) electrons. The zero-order valence-corrected chi connectivity index (χ0v) is 13.9. The lowest BCUT2D eigenvalue weighted by Crippen LogP contribution is -2.30. The molecular formula is C16H21ClN4O. The van der Waals surface area contributed by atoms with E-state index >= 15 is 0 Å². The third-order valence-electron chi connectivity index (χ3n) is 3.91. The van der Waals surface area contributed by atoms with Crippen molar-refractivity contribution in [3.63, 3.8) is 0 Å². The number of benzene rings is 1. The van der Waals surface area contributed by atoms with E-state index in [1.807, 2.05) is 26.0 Å². The summed E-state index contributed by atoms with van der Waals surface area (Å²) in [6, 6.07) is 6.13. The second-order valence-corrected chi connectivity index (χ2v) is 5.67. The first-order valence-electron chi connectivity index (χ1n) is 7.19. The summed E-state index contributed by atoms with van der Waals surface area (Å²) < 4.78 is 0. The van der Waals surface area contributed by atoms with Gasteiger partial charge in [-0.05, 0) is 37.1 Å². The highest BCUT2D eigenvalue weighted by atomic mass is 35.5. The average molecular weight is 321 g/mol. The highest BCUT2D eigenvalue weighted by molar-refractivity contribution is 6.05. The first kappa shape index (κ1) is 16.5. The standard InChI is InChI=1S/C16H20N4O.ClH/c1-10-6-11(2)8-12(7-10)20(3)16(21)15-13-9-17-5-4-14(13)18-19-15;/h6-8,17H,4-5,9H2,1-3H3,(H,18,19);1H. The molecular weight excluding hydrogens is 300 g/mol. The van der Waals surface area contributed by atoms with Gasteiger partial charge >= 0.3 is 0 Å². The van der Waals surface area contributed by atoms with Crippen molar-refractivity contribution in [1.82, 2.24) is 15.5 Å². The average Bonchev–Trinajstić information content (AvgIpc) is 2.88. The van der Waals surface area contributed by atoms with E-state index in [1.165, 1.54) is 0 Å². The van der Waals surface area contributed by atoms with Crippen molar-refractivity contribution >= 4 is 24.0 Å². The zero-order valence-electron chi connectivity index (χ0n) is 13.1. The molecule has 0 fully saturated rings. The lowest BCUT2D eigenvalue weighted by atomic mass is 10.1. The van der Waals surface area contributed by atoms with E-state index < -0.39 is 0 Å². The summed E-state index contributed by atoms with van der Waals surface area (Å²) in [5, 5.41) is 10.5. The van der Waals surface area contributed by atoms with Crippen molar-refractivity contribution < 1.29 is 4.79 Å². The Hall–Kier alpha value is -1.85. The molecule has 1 amide bonds. The summed E-state index contributed by atoms with van der Waals surface area (Å²) in [6.45, 7) is 5.70. The van der Waals surface area contributed by atoms with Crippen LogP contribution in [0.5, 0.6) is 0 Å². The summed E-state index contributed by atoms with van der Waals surface area (Å²) in [7, 11) is 1.80. The van der Waals surface area contributed by atoms with Gasteiger partial charge in [-0.1, -0.05) is 6.07 Å². The van der Waals surface area contributed by atoms with Crippen LogP contribution in [0, 0.1) is 13.8 Å². The van der Waals surface area contributed by atoms with E-state index in [2.05, 4.69) is 21.6 Å². The molecule has 0 bridgehead atoms. The molecule has 2 N–H and O–H groups in total.